The van der Waals surface area contributed by atoms with Gasteiger partial charge in [-0.2, -0.15) is 0 Å². The molecule has 1 saturated heterocycles. The highest BCUT2D eigenvalue weighted by atomic mass is 16.4. The molecule has 1 amide bonds. The van der Waals surface area contributed by atoms with Gasteiger partial charge in [0.15, 0.2) is 0 Å². The van der Waals surface area contributed by atoms with Crippen LogP contribution in [-0.2, 0) is 9.59 Å². The molecule has 118 valence electrons. The van der Waals surface area contributed by atoms with E-state index in [2.05, 4.69) is 0 Å². The number of likely N-dealkylation sites (tertiary alicyclic amines) is 1. The first kappa shape index (κ1) is 14.8. The number of nitrogens with two attached hydrogens (primary N) is 1. The summed E-state index contributed by atoms with van der Waals surface area (Å²) in [6.07, 6.45) is 5.20. The Bertz CT molecular complexity index is 441. The zero-order valence-corrected chi connectivity index (χ0v) is 12.8. The number of rotatable bonds is 3. The van der Waals surface area contributed by atoms with Crippen LogP contribution < -0.4 is 5.73 Å². The molecule has 5 heteroatoms. The van der Waals surface area contributed by atoms with E-state index in [0.29, 0.717) is 44.2 Å². The number of hydrogen-bond acceptors (Lipinski definition) is 3. The number of carbonyl (C=O) groups is 2. The zero-order valence-electron chi connectivity index (χ0n) is 12.8. The van der Waals surface area contributed by atoms with Crippen LogP contribution in [0, 0.1) is 23.2 Å². The standard InChI is InChI=1S/C16H26N2O3/c1-2-16(15(20)21)5-7-18(8-6-16)14(19)12-10-3-4-11(9-10)13(12)17/h10-13H,2-9,17H2,1H3,(H,20,21). The van der Waals surface area contributed by atoms with E-state index >= 15 is 0 Å². The van der Waals surface area contributed by atoms with Gasteiger partial charge in [0.1, 0.15) is 0 Å². The Labute approximate surface area is 125 Å². The molecule has 4 unspecified atom stereocenters. The smallest absolute Gasteiger partial charge is 0.309 e. The molecule has 21 heavy (non-hydrogen) atoms. The van der Waals surface area contributed by atoms with Gasteiger partial charge < -0.3 is 15.7 Å². The average Bonchev–Trinajstić information content (AvgIpc) is 3.07. The van der Waals surface area contributed by atoms with Gasteiger partial charge in [-0.15, -0.1) is 0 Å². The van der Waals surface area contributed by atoms with Crippen molar-refractivity contribution in [3.8, 4) is 0 Å². The molecule has 3 N–H and O–H groups in total. The second-order valence-electron chi connectivity index (χ2n) is 7.20. The fourth-order valence-corrected chi connectivity index (χ4v) is 4.79. The number of carboxylic acids is 1. The third-order valence-corrected chi connectivity index (χ3v) is 6.43. The van der Waals surface area contributed by atoms with E-state index < -0.39 is 11.4 Å². The van der Waals surface area contributed by atoms with Gasteiger partial charge in [-0.05, 0) is 50.4 Å². The largest absolute Gasteiger partial charge is 0.481 e. The van der Waals surface area contributed by atoms with E-state index in [1.54, 1.807) is 0 Å². The molecule has 4 atom stereocenters. The van der Waals surface area contributed by atoms with Gasteiger partial charge >= 0.3 is 5.97 Å². The normalized spacial score (nSPS) is 37.7. The Kier molecular flexibility index (Phi) is 3.72. The summed E-state index contributed by atoms with van der Waals surface area (Å²) in [6, 6.07) is 0.0218. The summed E-state index contributed by atoms with van der Waals surface area (Å²) < 4.78 is 0. The topological polar surface area (TPSA) is 83.6 Å². The number of amides is 1. The lowest BCUT2D eigenvalue weighted by Gasteiger charge is -2.40. The van der Waals surface area contributed by atoms with Gasteiger partial charge in [-0.1, -0.05) is 6.92 Å². The summed E-state index contributed by atoms with van der Waals surface area (Å²) in [4.78, 5) is 26.1. The predicted octanol–water partition coefficient (Wildman–Crippen LogP) is 1.46. The summed E-state index contributed by atoms with van der Waals surface area (Å²) in [7, 11) is 0. The molecule has 2 aliphatic carbocycles. The van der Waals surface area contributed by atoms with Crippen LogP contribution in [0.3, 0.4) is 0 Å². The van der Waals surface area contributed by atoms with Gasteiger partial charge in [0, 0.05) is 19.1 Å². The minimum Gasteiger partial charge on any atom is -0.481 e. The molecule has 2 bridgehead atoms. The number of hydrogen-bond donors (Lipinski definition) is 2. The van der Waals surface area contributed by atoms with Crippen LogP contribution in [0.1, 0.15) is 45.4 Å². The molecule has 0 aromatic heterocycles. The van der Waals surface area contributed by atoms with Gasteiger partial charge in [0.05, 0.1) is 11.3 Å². The highest BCUT2D eigenvalue weighted by Gasteiger charge is 2.51. The third-order valence-electron chi connectivity index (χ3n) is 6.43. The molecule has 0 aromatic rings. The maximum atomic E-state index is 12.8. The number of nitrogens with zero attached hydrogens (tertiary/aromatic N) is 1. The first-order valence-corrected chi connectivity index (χ1v) is 8.26. The highest BCUT2D eigenvalue weighted by molar-refractivity contribution is 5.81. The van der Waals surface area contributed by atoms with Crippen molar-refractivity contribution >= 4 is 11.9 Å². The molecular formula is C16H26N2O3. The molecule has 1 heterocycles. The van der Waals surface area contributed by atoms with Crippen molar-refractivity contribution in [1.82, 2.24) is 4.90 Å². The molecule has 0 radical (unpaired) electrons. The fourth-order valence-electron chi connectivity index (χ4n) is 4.79. The first-order chi connectivity index (χ1) is 9.98. The van der Waals surface area contributed by atoms with Crippen LogP contribution >= 0.6 is 0 Å². The summed E-state index contributed by atoms with van der Waals surface area (Å²) >= 11 is 0. The van der Waals surface area contributed by atoms with E-state index in [0.717, 1.165) is 12.8 Å². The molecule has 0 spiro atoms. The minimum atomic E-state index is -0.714. The second kappa shape index (κ2) is 5.27. The molecule has 1 aliphatic heterocycles. The quantitative estimate of drug-likeness (QED) is 0.825. The predicted molar refractivity (Wildman–Crippen MR) is 78.5 cm³/mol. The second-order valence-corrected chi connectivity index (χ2v) is 7.20. The lowest BCUT2D eigenvalue weighted by molar-refractivity contribution is -0.155. The maximum absolute atomic E-state index is 12.8. The van der Waals surface area contributed by atoms with E-state index in [1.807, 2.05) is 11.8 Å². The molecule has 0 aromatic carbocycles. The van der Waals surface area contributed by atoms with Crippen molar-refractivity contribution < 1.29 is 14.7 Å². The van der Waals surface area contributed by atoms with E-state index in [9.17, 15) is 14.7 Å². The van der Waals surface area contributed by atoms with Crippen molar-refractivity contribution in [2.24, 2.45) is 28.9 Å². The molecule has 5 nitrogen and oxygen atoms in total. The van der Waals surface area contributed by atoms with Gasteiger partial charge in [0.25, 0.3) is 0 Å². The Morgan fingerprint density at radius 2 is 1.86 bits per heavy atom. The maximum Gasteiger partial charge on any atom is 0.309 e. The Morgan fingerprint density at radius 1 is 1.24 bits per heavy atom. The third kappa shape index (κ3) is 2.26. The van der Waals surface area contributed by atoms with Crippen molar-refractivity contribution in [2.75, 3.05) is 13.1 Å². The monoisotopic (exact) mass is 294 g/mol. The number of piperidine rings is 1. The first-order valence-electron chi connectivity index (χ1n) is 8.26. The summed E-state index contributed by atoms with van der Waals surface area (Å²) in [5.74, 6) is 0.457. The summed E-state index contributed by atoms with van der Waals surface area (Å²) in [6.45, 7) is 3.07. The van der Waals surface area contributed by atoms with Crippen molar-refractivity contribution in [2.45, 2.75) is 51.5 Å². The van der Waals surface area contributed by atoms with Crippen molar-refractivity contribution in [1.29, 1.82) is 0 Å². The molecule has 2 saturated carbocycles. The Morgan fingerprint density at radius 3 is 2.33 bits per heavy atom. The molecule has 3 aliphatic rings. The van der Waals surface area contributed by atoms with Crippen LogP contribution in [0.2, 0.25) is 0 Å². The molecule has 3 fully saturated rings. The van der Waals surface area contributed by atoms with E-state index in [4.69, 9.17) is 5.73 Å². The van der Waals surface area contributed by atoms with Crippen LogP contribution in [0.25, 0.3) is 0 Å². The van der Waals surface area contributed by atoms with Gasteiger partial charge in [-0.3, -0.25) is 9.59 Å². The van der Waals surface area contributed by atoms with Gasteiger partial charge in [-0.25, -0.2) is 0 Å². The van der Waals surface area contributed by atoms with Crippen molar-refractivity contribution in [3.63, 3.8) is 0 Å². The van der Waals surface area contributed by atoms with Crippen LogP contribution in [0.5, 0.6) is 0 Å². The van der Waals surface area contributed by atoms with Crippen LogP contribution in [-0.4, -0.2) is 41.0 Å². The SMILES string of the molecule is CCC1(C(=O)O)CCN(C(=O)C2C3CCC(C3)C2N)CC1. The highest BCUT2D eigenvalue weighted by Crippen LogP contribution is 2.48. The molecular weight excluding hydrogens is 268 g/mol. The van der Waals surface area contributed by atoms with Gasteiger partial charge in [0.2, 0.25) is 5.91 Å². The number of fused-ring (bicyclic) bond motifs is 2. The number of carboxylic acid groups (broad SMARTS) is 1. The van der Waals surface area contributed by atoms with Crippen LogP contribution in [0.15, 0.2) is 0 Å². The minimum absolute atomic E-state index is 0.0114. The lowest BCUT2D eigenvalue weighted by Crippen LogP contribution is -2.52. The van der Waals surface area contributed by atoms with Crippen LogP contribution in [0.4, 0.5) is 0 Å². The summed E-state index contributed by atoms with van der Waals surface area (Å²) in [5.41, 5.74) is 5.63. The van der Waals surface area contributed by atoms with Crippen molar-refractivity contribution in [3.05, 3.63) is 0 Å². The number of aliphatic carboxylic acids is 1. The molecule has 3 rings (SSSR count). The average molecular weight is 294 g/mol. The zero-order chi connectivity index (χ0) is 15.2. The lowest BCUT2D eigenvalue weighted by atomic mass is 9.75. The summed E-state index contributed by atoms with van der Waals surface area (Å²) in [5, 5.41) is 9.43. The van der Waals surface area contributed by atoms with E-state index in [1.165, 1.54) is 6.42 Å². The Balaban J connectivity index is 1.65. The number of carbonyl (C=O) groups excluding carboxylic acids is 1. The Hall–Kier alpha value is -1.10. The van der Waals surface area contributed by atoms with E-state index in [-0.39, 0.29) is 17.9 Å². The fraction of sp³-hybridized carbons (Fsp3) is 0.875.